The molecule has 2 aliphatic rings. The van der Waals surface area contributed by atoms with E-state index in [1.165, 1.54) is 12.4 Å². The Kier molecular flexibility index (Phi) is 6.40. The number of hydrogen-bond acceptors (Lipinski definition) is 7. The van der Waals surface area contributed by atoms with E-state index < -0.39 is 5.82 Å². The largest absolute Gasteiger partial charge is 0.457 e. The average molecular weight is 524 g/mol. The molecule has 39 heavy (non-hydrogen) atoms. The van der Waals surface area contributed by atoms with Crippen molar-refractivity contribution >= 4 is 22.8 Å². The first-order valence-electron chi connectivity index (χ1n) is 12.9. The summed E-state index contributed by atoms with van der Waals surface area (Å²) in [7, 11) is 0. The number of nitrogens with zero attached hydrogens (tertiary/aromatic N) is 6. The number of aromatic nitrogens is 4. The topological polar surface area (TPSA) is 123 Å². The first-order valence-corrected chi connectivity index (χ1v) is 12.9. The van der Waals surface area contributed by atoms with Crippen LogP contribution in [-0.4, -0.2) is 43.6 Å². The van der Waals surface area contributed by atoms with Crippen molar-refractivity contribution in [1.82, 2.24) is 24.6 Å². The lowest BCUT2D eigenvalue weighted by atomic mass is 10.0. The minimum Gasteiger partial charge on any atom is -0.457 e. The number of nitrogens with two attached hydrogens (primary N) is 1. The van der Waals surface area contributed by atoms with E-state index >= 15 is 4.39 Å². The molecule has 1 aliphatic heterocycles. The molecular weight excluding hydrogens is 497 g/mol. The van der Waals surface area contributed by atoms with Crippen LogP contribution in [0.3, 0.4) is 0 Å². The Morgan fingerprint density at radius 1 is 1.13 bits per heavy atom. The number of amides is 1. The number of piperidine rings is 1. The maximum absolute atomic E-state index is 15.5. The monoisotopic (exact) mass is 523 g/mol. The van der Waals surface area contributed by atoms with Crippen LogP contribution >= 0.6 is 0 Å². The van der Waals surface area contributed by atoms with Gasteiger partial charge in [0.25, 0.3) is 5.91 Å². The van der Waals surface area contributed by atoms with Crippen LogP contribution in [0, 0.1) is 23.1 Å². The molecule has 2 N–H and O–H groups in total. The van der Waals surface area contributed by atoms with Gasteiger partial charge in [0.1, 0.15) is 46.8 Å². The average Bonchev–Trinajstić information content (AvgIpc) is 3.70. The zero-order valence-electron chi connectivity index (χ0n) is 21.1. The van der Waals surface area contributed by atoms with Crippen molar-refractivity contribution in [3.8, 4) is 28.8 Å². The van der Waals surface area contributed by atoms with Crippen LogP contribution < -0.4 is 10.5 Å². The van der Waals surface area contributed by atoms with E-state index in [1.54, 1.807) is 39.9 Å². The molecule has 196 valence electrons. The van der Waals surface area contributed by atoms with Gasteiger partial charge >= 0.3 is 0 Å². The van der Waals surface area contributed by atoms with Gasteiger partial charge in [0.05, 0.1) is 11.4 Å². The number of nitriles is 1. The van der Waals surface area contributed by atoms with E-state index in [1.807, 2.05) is 18.2 Å². The molecule has 2 fully saturated rings. The van der Waals surface area contributed by atoms with Crippen molar-refractivity contribution in [2.75, 3.05) is 18.8 Å². The number of nitrogen functional groups attached to an aromatic ring is 1. The SMILES string of the molecule is N#CC(=CC1CC1)C(=O)N1CCC[C@H](n2nc(-c3ccc(Oc4ccccc4)cc3F)c3c(N)ncnc32)C1. The second-order valence-electron chi connectivity index (χ2n) is 9.88. The molecule has 3 heterocycles. The van der Waals surface area contributed by atoms with E-state index in [4.69, 9.17) is 15.6 Å². The van der Waals surface area contributed by atoms with Crippen molar-refractivity contribution in [3.63, 3.8) is 0 Å². The fourth-order valence-electron chi connectivity index (χ4n) is 4.98. The smallest absolute Gasteiger partial charge is 0.264 e. The normalized spacial score (nSPS) is 17.7. The lowest BCUT2D eigenvalue weighted by Gasteiger charge is -2.32. The van der Waals surface area contributed by atoms with E-state index in [-0.39, 0.29) is 28.9 Å². The van der Waals surface area contributed by atoms with Gasteiger partial charge in [-0.3, -0.25) is 4.79 Å². The van der Waals surface area contributed by atoms with Crippen LogP contribution in [0.5, 0.6) is 11.5 Å². The lowest BCUT2D eigenvalue weighted by Crippen LogP contribution is -2.41. The number of carbonyl (C=O) groups is 1. The minimum atomic E-state index is -0.525. The zero-order valence-corrected chi connectivity index (χ0v) is 21.1. The molecule has 0 spiro atoms. The number of rotatable bonds is 6. The predicted octanol–water partition coefficient (Wildman–Crippen LogP) is 5.03. The van der Waals surface area contributed by atoms with Gasteiger partial charge < -0.3 is 15.4 Å². The first kappa shape index (κ1) is 24.6. The van der Waals surface area contributed by atoms with Crippen molar-refractivity contribution < 1.29 is 13.9 Å². The summed E-state index contributed by atoms with van der Waals surface area (Å²) < 4.78 is 22.9. The second-order valence-corrected chi connectivity index (χ2v) is 9.88. The fraction of sp³-hybridized carbons (Fsp3) is 0.276. The van der Waals surface area contributed by atoms with E-state index in [2.05, 4.69) is 16.0 Å². The number of para-hydroxylation sites is 1. The molecule has 10 heteroatoms. The third-order valence-electron chi connectivity index (χ3n) is 7.10. The lowest BCUT2D eigenvalue weighted by molar-refractivity contribution is -0.128. The maximum atomic E-state index is 15.5. The highest BCUT2D eigenvalue weighted by atomic mass is 19.1. The first-order chi connectivity index (χ1) is 19.0. The number of benzene rings is 2. The van der Waals surface area contributed by atoms with Gasteiger partial charge in [-0.15, -0.1) is 0 Å². The van der Waals surface area contributed by atoms with Crippen molar-refractivity contribution in [3.05, 3.63) is 72.3 Å². The summed E-state index contributed by atoms with van der Waals surface area (Å²) in [6.07, 6.45) is 6.64. The maximum Gasteiger partial charge on any atom is 0.264 e. The number of anilines is 1. The molecule has 1 saturated heterocycles. The summed E-state index contributed by atoms with van der Waals surface area (Å²) in [6, 6.07) is 15.6. The van der Waals surface area contributed by atoms with Gasteiger partial charge in [0.15, 0.2) is 5.65 Å². The van der Waals surface area contributed by atoms with Gasteiger partial charge in [-0.25, -0.2) is 19.0 Å². The Morgan fingerprint density at radius 3 is 2.69 bits per heavy atom. The van der Waals surface area contributed by atoms with Gasteiger partial charge in [-0.05, 0) is 55.9 Å². The third-order valence-corrected chi connectivity index (χ3v) is 7.10. The summed E-state index contributed by atoms with van der Waals surface area (Å²) in [5, 5.41) is 14.8. The molecule has 0 bridgehead atoms. The fourth-order valence-corrected chi connectivity index (χ4v) is 4.98. The Labute approximate surface area is 224 Å². The van der Waals surface area contributed by atoms with Crippen LogP contribution in [0.25, 0.3) is 22.3 Å². The standard InChI is InChI=1S/C29H26FN7O2/c30-24-14-22(39-21-6-2-1-3-7-21)10-11-23(24)26-25-27(32)33-17-34-28(25)37(35-26)20-5-4-12-36(16-20)29(38)19(15-31)13-18-8-9-18/h1-3,6-7,10-11,13-14,17-18,20H,4-5,8-9,12,16H2,(H2,32,33,34)/t20-/m0/s1. The molecule has 1 aliphatic carbocycles. The van der Waals surface area contributed by atoms with E-state index in [0.29, 0.717) is 47.2 Å². The van der Waals surface area contributed by atoms with Crippen LogP contribution in [0.2, 0.25) is 0 Å². The summed E-state index contributed by atoms with van der Waals surface area (Å²) in [5.41, 5.74) is 7.46. The number of likely N-dealkylation sites (tertiary alicyclic amines) is 1. The molecule has 4 aromatic rings. The summed E-state index contributed by atoms with van der Waals surface area (Å²) >= 11 is 0. The number of fused-ring (bicyclic) bond motifs is 1. The van der Waals surface area contributed by atoms with Crippen molar-refractivity contribution in [2.45, 2.75) is 31.7 Å². The van der Waals surface area contributed by atoms with E-state index in [9.17, 15) is 10.1 Å². The molecule has 6 rings (SSSR count). The molecule has 0 unspecified atom stereocenters. The molecular formula is C29H26FN7O2. The summed E-state index contributed by atoms with van der Waals surface area (Å²) in [6.45, 7) is 0.911. The van der Waals surface area contributed by atoms with Gasteiger partial charge in [0, 0.05) is 24.7 Å². The molecule has 2 aromatic heterocycles. The number of hydrogen-bond donors (Lipinski definition) is 1. The number of ether oxygens (including phenoxy) is 1. The highest BCUT2D eigenvalue weighted by Crippen LogP contribution is 2.37. The molecule has 9 nitrogen and oxygen atoms in total. The van der Waals surface area contributed by atoms with Crippen LogP contribution in [0.15, 0.2) is 66.5 Å². The summed E-state index contributed by atoms with van der Waals surface area (Å²) in [4.78, 5) is 23.4. The van der Waals surface area contributed by atoms with Crippen LogP contribution in [0.1, 0.15) is 31.7 Å². The Bertz CT molecular complexity index is 1620. The van der Waals surface area contributed by atoms with Crippen molar-refractivity contribution in [1.29, 1.82) is 5.26 Å². The highest BCUT2D eigenvalue weighted by molar-refractivity contribution is 5.99. The summed E-state index contributed by atoms with van der Waals surface area (Å²) in [5.74, 6) is 0.667. The minimum absolute atomic E-state index is 0.188. The van der Waals surface area contributed by atoms with Gasteiger partial charge in [-0.2, -0.15) is 10.4 Å². The zero-order chi connectivity index (χ0) is 26.9. The molecule has 1 saturated carbocycles. The predicted molar refractivity (Wildman–Crippen MR) is 143 cm³/mol. The highest BCUT2D eigenvalue weighted by Gasteiger charge is 2.31. The Morgan fingerprint density at radius 2 is 1.95 bits per heavy atom. The molecule has 1 atom stereocenters. The van der Waals surface area contributed by atoms with Crippen LogP contribution in [-0.2, 0) is 4.79 Å². The quantitative estimate of drug-likeness (QED) is 0.278. The number of allylic oxidation sites excluding steroid dienone is 1. The second kappa shape index (κ2) is 10.2. The van der Waals surface area contributed by atoms with Gasteiger partial charge in [-0.1, -0.05) is 24.3 Å². The molecule has 2 aromatic carbocycles. The molecule has 1 amide bonds. The Balaban J connectivity index is 1.33. The van der Waals surface area contributed by atoms with Gasteiger partial charge in [0.2, 0.25) is 0 Å². The number of carbonyl (C=O) groups excluding carboxylic acids is 1. The third kappa shape index (κ3) is 4.91. The number of halogens is 1. The Hall–Kier alpha value is -4.78. The molecule has 0 radical (unpaired) electrons. The van der Waals surface area contributed by atoms with Crippen LogP contribution in [0.4, 0.5) is 10.2 Å². The van der Waals surface area contributed by atoms with E-state index in [0.717, 1.165) is 25.7 Å². The van der Waals surface area contributed by atoms with Crippen molar-refractivity contribution in [2.24, 2.45) is 5.92 Å².